The predicted molar refractivity (Wildman–Crippen MR) is 109 cm³/mol. The molecular weight excluding hydrogens is 368 g/mol. The lowest BCUT2D eigenvalue weighted by Gasteiger charge is -2.32. The van der Waals surface area contributed by atoms with Gasteiger partial charge in [-0.3, -0.25) is 9.88 Å². The second-order valence-electron chi connectivity index (χ2n) is 6.94. The molecule has 1 aliphatic heterocycles. The molecule has 1 aliphatic rings. The number of aromatic nitrogens is 4. The summed E-state index contributed by atoms with van der Waals surface area (Å²) in [6, 6.07) is 8.07. The first-order valence-corrected chi connectivity index (χ1v) is 9.55. The molecule has 1 fully saturated rings. The van der Waals surface area contributed by atoms with E-state index >= 15 is 0 Å². The smallest absolute Gasteiger partial charge is 0.228 e. The van der Waals surface area contributed by atoms with E-state index in [4.69, 9.17) is 9.47 Å². The van der Waals surface area contributed by atoms with Gasteiger partial charge in [0, 0.05) is 37.6 Å². The molecule has 3 heterocycles. The van der Waals surface area contributed by atoms with Crippen LogP contribution < -0.4 is 10.1 Å². The molecule has 0 spiro atoms. The van der Waals surface area contributed by atoms with E-state index in [2.05, 4.69) is 55.3 Å². The van der Waals surface area contributed by atoms with Crippen LogP contribution in [-0.4, -0.2) is 51.6 Å². The number of anilines is 2. The van der Waals surface area contributed by atoms with Crippen LogP contribution in [0.1, 0.15) is 22.9 Å². The summed E-state index contributed by atoms with van der Waals surface area (Å²) in [7, 11) is 1.71. The lowest BCUT2D eigenvalue weighted by molar-refractivity contribution is -0.0352. The number of morpholine rings is 1. The summed E-state index contributed by atoms with van der Waals surface area (Å²) in [6.07, 6.45) is 6.60. The summed E-state index contributed by atoms with van der Waals surface area (Å²) in [5, 5.41) is 3.07. The van der Waals surface area contributed by atoms with Crippen molar-refractivity contribution in [2.45, 2.75) is 19.6 Å². The van der Waals surface area contributed by atoms with Crippen molar-refractivity contribution in [2.75, 3.05) is 32.1 Å². The molecule has 3 aromatic rings. The molecule has 8 heteroatoms. The fourth-order valence-corrected chi connectivity index (χ4v) is 3.32. The zero-order valence-corrected chi connectivity index (χ0v) is 16.6. The molecule has 1 aromatic carbocycles. The molecule has 0 bridgehead atoms. The second kappa shape index (κ2) is 8.93. The molecule has 2 aromatic heterocycles. The average Bonchev–Trinajstić information content (AvgIpc) is 2.76. The van der Waals surface area contributed by atoms with Crippen LogP contribution in [0, 0.1) is 6.92 Å². The van der Waals surface area contributed by atoms with Crippen LogP contribution in [-0.2, 0) is 11.3 Å². The Hall–Kier alpha value is -3.10. The van der Waals surface area contributed by atoms with Gasteiger partial charge in [0.25, 0.3) is 0 Å². The standard InChI is InChI=1S/C21H24N6O2/c1-15-4-5-16(18(10-15)28-2)13-27-8-9-29-19(14-27)17-11-22-12-20(25-17)26-21-23-6-3-7-24-21/h3-7,10-12,19H,8-9,13-14H2,1-2H3,(H,23,24,25,26)/t19-/m1/s1. The quantitative estimate of drug-likeness (QED) is 0.685. The van der Waals surface area contributed by atoms with Crippen molar-refractivity contribution < 1.29 is 9.47 Å². The number of nitrogens with zero attached hydrogens (tertiary/aromatic N) is 5. The minimum absolute atomic E-state index is 0.147. The van der Waals surface area contributed by atoms with E-state index in [0.29, 0.717) is 18.4 Å². The van der Waals surface area contributed by atoms with Crippen molar-refractivity contribution in [3.63, 3.8) is 0 Å². The Labute approximate surface area is 170 Å². The lowest BCUT2D eigenvalue weighted by atomic mass is 10.1. The highest BCUT2D eigenvalue weighted by atomic mass is 16.5. The first-order valence-electron chi connectivity index (χ1n) is 9.55. The maximum Gasteiger partial charge on any atom is 0.228 e. The SMILES string of the molecule is COc1cc(C)ccc1CN1CCO[C@@H](c2cncc(Nc3ncccn3)n2)C1. The van der Waals surface area contributed by atoms with E-state index in [1.54, 1.807) is 38.0 Å². The maximum absolute atomic E-state index is 5.98. The highest BCUT2D eigenvalue weighted by Gasteiger charge is 2.24. The van der Waals surface area contributed by atoms with Crippen molar-refractivity contribution in [3.8, 4) is 5.75 Å². The minimum atomic E-state index is -0.147. The molecule has 1 saturated heterocycles. The van der Waals surface area contributed by atoms with E-state index in [1.807, 2.05) is 0 Å². The largest absolute Gasteiger partial charge is 0.496 e. The highest BCUT2D eigenvalue weighted by Crippen LogP contribution is 2.26. The Morgan fingerprint density at radius 1 is 1.24 bits per heavy atom. The molecule has 1 N–H and O–H groups in total. The molecule has 0 amide bonds. The third kappa shape index (κ3) is 4.85. The third-order valence-corrected chi connectivity index (χ3v) is 4.78. The van der Waals surface area contributed by atoms with Crippen LogP contribution >= 0.6 is 0 Å². The Morgan fingerprint density at radius 3 is 2.93 bits per heavy atom. The fourth-order valence-electron chi connectivity index (χ4n) is 3.32. The highest BCUT2D eigenvalue weighted by molar-refractivity contribution is 5.45. The molecule has 29 heavy (non-hydrogen) atoms. The van der Waals surface area contributed by atoms with Crippen LogP contribution in [0.4, 0.5) is 11.8 Å². The molecular formula is C21H24N6O2. The predicted octanol–water partition coefficient (Wildman–Crippen LogP) is 2.90. The van der Waals surface area contributed by atoms with Crippen LogP contribution in [0.2, 0.25) is 0 Å². The molecule has 0 unspecified atom stereocenters. The Balaban J connectivity index is 1.45. The van der Waals surface area contributed by atoms with Gasteiger partial charge in [0.2, 0.25) is 5.95 Å². The van der Waals surface area contributed by atoms with Gasteiger partial charge in [-0.15, -0.1) is 0 Å². The monoisotopic (exact) mass is 392 g/mol. The molecule has 8 nitrogen and oxygen atoms in total. The number of hydrogen-bond acceptors (Lipinski definition) is 8. The van der Waals surface area contributed by atoms with E-state index in [9.17, 15) is 0 Å². The van der Waals surface area contributed by atoms with Crippen LogP contribution in [0.25, 0.3) is 0 Å². The zero-order chi connectivity index (χ0) is 20.1. The normalized spacial score (nSPS) is 17.1. The van der Waals surface area contributed by atoms with E-state index < -0.39 is 0 Å². The Kier molecular flexibility index (Phi) is 5.92. The second-order valence-corrected chi connectivity index (χ2v) is 6.94. The van der Waals surface area contributed by atoms with Gasteiger partial charge in [0.05, 0.1) is 31.8 Å². The van der Waals surface area contributed by atoms with Crippen molar-refractivity contribution in [1.29, 1.82) is 0 Å². The molecule has 150 valence electrons. The summed E-state index contributed by atoms with van der Waals surface area (Å²) in [6.45, 7) is 5.09. The number of benzene rings is 1. The minimum Gasteiger partial charge on any atom is -0.496 e. The lowest BCUT2D eigenvalue weighted by Crippen LogP contribution is -2.38. The Morgan fingerprint density at radius 2 is 2.10 bits per heavy atom. The molecule has 0 saturated carbocycles. The molecule has 0 aliphatic carbocycles. The summed E-state index contributed by atoms with van der Waals surface area (Å²) in [5.41, 5.74) is 3.14. The van der Waals surface area contributed by atoms with Gasteiger partial charge in [-0.25, -0.2) is 15.0 Å². The number of ether oxygens (including phenoxy) is 2. The van der Waals surface area contributed by atoms with Gasteiger partial charge < -0.3 is 14.8 Å². The van der Waals surface area contributed by atoms with Crippen molar-refractivity contribution in [1.82, 2.24) is 24.8 Å². The first kappa shape index (κ1) is 19.2. The third-order valence-electron chi connectivity index (χ3n) is 4.78. The number of methoxy groups -OCH3 is 1. The topological polar surface area (TPSA) is 85.3 Å². The Bertz CT molecular complexity index is 953. The maximum atomic E-state index is 5.98. The number of nitrogens with one attached hydrogen (secondary N) is 1. The average molecular weight is 392 g/mol. The summed E-state index contributed by atoms with van der Waals surface area (Å²) in [5.74, 6) is 1.99. The summed E-state index contributed by atoms with van der Waals surface area (Å²) in [4.78, 5) is 19.6. The molecule has 0 radical (unpaired) electrons. The van der Waals surface area contributed by atoms with E-state index in [0.717, 1.165) is 31.1 Å². The summed E-state index contributed by atoms with van der Waals surface area (Å²) < 4.78 is 11.5. The van der Waals surface area contributed by atoms with Crippen molar-refractivity contribution in [2.24, 2.45) is 0 Å². The molecule has 1 atom stereocenters. The van der Waals surface area contributed by atoms with Crippen molar-refractivity contribution >= 4 is 11.8 Å². The molecule has 4 rings (SSSR count). The van der Waals surface area contributed by atoms with E-state index in [-0.39, 0.29) is 6.10 Å². The number of hydrogen-bond donors (Lipinski definition) is 1. The zero-order valence-electron chi connectivity index (χ0n) is 16.6. The van der Waals surface area contributed by atoms with Gasteiger partial charge in [0.15, 0.2) is 5.82 Å². The van der Waals surface area contributed by atoms with Gasteiger partial charge in [-0.2, -0.15) is 0 Å². The van der Waals surface area contributed by atoms with Gasteiger partial charge in [0.1, 0.15) is 11.9 Å². The van der Waals surface area contributed by atoms with Crippen LogP contribution in [0.3, 0.4) is 0 Å². The van der Waals surface area contributed by atoms with Gasteiger partial charge in [-0.1, -0.05) is 12.1 Å². The van der Waals surface area contributed by atoms with Gasteiger partial charge in [-0.05, 0) is 24.6 Å². The van der Waals surface area contributed by atoms with Crippen molar-refractivity contribution in [3.05, 3.63) is 65.9 Å². The summed E-state index contributed by atoms with van der Waals surface area (Å²) >= 11 is 0. The number of aryl methyl sites for hydroxylation is 1. The fraction of sp³-hybridized carbons (Fsp3) is 0.333. The van der Waals surface area contributed by atoms with Crippen LogP contribution in [0.15, 0.2) is 49.1 Å². The number of rotatable bonds is 6. The van der Waals surface area contributed by atoms with E-state index in [1.165, 1.54) is 11.1 Å². The van der Waals surface area contributed by atoms with Crippen LogP contribution in [0.5, 0.6) is 5.75 Å². The van der Waals surface area contributed by atoms with Gasteiger partial charge >= 0.3 is 0 Å². The first-order chi connectivity index (χ1) is 14.2.